The summed E-state index contributed by atoms with van der Waals surface area (Å²) < 4.78 is 27.3. The number of benzene rings is 1. The maximum absolute atomic E-state index is 12.9. The number of fused-ring (bicyclic) bond motifs is 2. The van der Waals surface area contributed by atoms with E-state index in [0.29, 0.717) is 25.2 Å². The van der Waals surface area contributed by atoms with Crippen molar-refractivity contribution in [2.75, 3.05) is 20.1 Å². The molecular formula is C19H25Cl2N3O3S. The average molecular weight is 446 g/mol. The van der Waals surface area contributed by atoms with Crippen molar-refractivity contribution in [1.82, 2.24) is 14.5 Å². The molecule has 154 valence electrons. The number of carbonyl (C=O) groups is 1. The third-order valence-corrected chi connectivity index (χ3v) is 9.06. The zero-order chi connectivity index (χ0) is 20.1. The molecule has 2 bridgehead atoms. The third kappa shape index (κ3) is 3.67. The summed E-state index contributed by atoms with van der Waals surface area (Å²) in [4.78, 5) is 15.3. The van der Waals surface area contributed by atoms with Crippen LogP contribution in [0, 0.1) is 0 Å². The van der Waals surface area contributed by atoms with Gasteiger partial charge in [0.1, 0.15) is 4.90 Å². The number of nitrogens with zero attached hydrogens (tertiary/aromatic N) is 2. The number of sulfonamides is 1. The maximum atomic E-state index is 12.9. The normalized spacial score (nSPS) is 28.6. The average Bonchev–Trinajstić information content (AvgIpc) is 3.22. The molecule has 3 heterocycles. The fraction of sp³-hybridized carbons (Fsp3) is 0.632. The van der Waals surface area contributed by atoms with Crippen LogP contribution in [0.1, 0.15) is 48.9 Å². The second kappa shape index (κ2) is 7.76. The summed E-state index contributed by atoms with van der Waals surface area (Å²) in [5.41, 5.74) is 0.162. The highest BCUT2D eigenvalue weighted by atomic mass is 35.5. The first-order valence-electron chi connectivity index (χ1n) is 9.79. The molecule has 3 fully saturated rings. The van der Waals surface area contributed by atoms with Gasteiger partial charge in [0.15, 0.2) is 0 Å². The molecule has 1 amide bonds. The molecule has 3 aliphatic rings. The predicted molar refractivity (Wildman–Crippen MR) is 110 cm³/mol. The quantitative estimate of drug-likeness (QED) is 0.772. The smallest absolute Gasteiger partial charge is 0.253 e. The molecule has 0 radical (unpaired) electrons. The first-order valence-corrected chi connectivity index (χ1v) is 12.0. The number of carbonyl (C=O) groups excluding carboxylic acids is 1. The Morgan fingerprint density at radius 2 is 1.68 bits per heavy atom. The molecule has 3 aliphatic heterocycles. The SMILES string of the molecule is CN1[C@H]2CC[C@H]1CC(NC(=O)c1cc(S(=O)(=O)N3CCCC3)c(Cl)cc1Cl)C2. The number of nitrogens with one attached hydrogen (secondary N) is 1. The van der Waals surface area contributed by atoms with Crippen molar-refractivity contribution in [2.45, 2.75) is 61.5 Å². The van der Waals surface area contributed by atoms with Gasteiger partial charge in [0.05, 0.1) is 15.6 Å². The Kier molecular flexibility index (Phi) is 5.66. The second-order valence-corrected chi connectivity index (χ2v) is 10.8. The number of piperidine rings is 1. The Labute approximate surface area is 176 Å². The lowest BCUT2D eigenvalue weighted by atomic mass is 9.97. The minimum atomic E-state index is -3.73. The van der Waals surface area contributed by atoms with E-state index in [1.54, 1.807) is 0 Å². The van der Waals surface area contributed by atoms with E-state index < -0.39 is 10.0 Å². The first-order chi connectivity index (χ1) is 13.3. The van der Waals surface area contributed by atoms with Gasteiger partial charge in [-0.2, -0.15) is 4.31 Å². The maximum Gasteiger partial charge on any atom is 0.253 e. The van der Waals surface area contributed by atoms with E-state index in [4.69, 9.17) is 23.2 Å². The molecule has 3 saturated heterocycles. The van der Waals surface area contributed by atoms with Gasteiger partial charge >= 0.3 is 0 Å². The monoisotopic (exact) mass is 445 g/mol. The summed E-state index contributed by atoms with van der Waals surface area (Å²) in [6, 6.07) is 3.76. The van der Waals surface area contributed by atoms with Gasteiger partial charge in [-0.3, -0.25) is 4.79 Å². The Balaban J connectivity index is 1.57. The lowest BCUT2D eigenvalue weighted by molar-refractivity contribution is 0.0882. The molecule has 6 nitrogen and oxygen atoms in total. The molecule has 0 aromatic heterocycles. The summed E-state index contributed by atoms with van der Waals surface area (Å²) in [5.74, 6) is -0.339. The highest BCUT2D eigenvalue weighted by Crippen LogP contribution is 2.35. The summed E-state index contributed by atoms with van der Waals surface area (Å²) in [5, 5.41) is 3.28. The van der Waals surface area contributed by atoms with Crippen LogP contribution in [-0.4, -0.2) is 61.8 Å². The molecular weight excluding hydrogens is 421 g/mol. The van der Waals surface area contributed by atoms with E-state index in [0.717, 1.165) is 38.5 Å². The summed E-state index contributed by atoms with van der Waals surface area (Å²) in [6.07, 6.45) is 5.79. The zero-order valence-corrected chi connectivity index (χ0v) is 18.2. The summed E-state index contributed by atoms with van der Waals surface area (Å²) in [7, 11) is -1.59. The molecule has 28 heavy (non-hydrogen) atoms. The fourth-order valence-electron chi connectivity index (χ4n) is 4.76. The van der Waals surface area contributed by atoms with E-state index in [1.807, 2.05) is 0 Å². The lowest BCUT2D eigenvalue weighted by Gasteiger charge is -2.36. The van der Waals surface area contributed by atoms with Gasteiger partial charge in [-0.15, -0.1) is 0 Å². The van der Waals surface area contributed by atoms with E-state index in [1.165, 1.54) is 16.4 Å². The summed E-state index contributed by atoms with van der Waals surface area (Å²) in [6.45, 7) is 0.947. The van der Waals surface area contributed by atoms with Crippen LogP contribution in [0.5, 0.6) is 0 Å². The standard InChI is InChI=1S/C19H25Cl2N3O3S/c1-23-13-4-5-14(23)9-12(8-13)22-19(25)15-10-18(17(21)11-16(15)20)28(26,27)24-6-2-3-7-24/h10-14H,2-9H2,1H3,(H,22,25)/t13-,14-/m0/s1. The van der Waals surface area contributed by atoms with Gasteiger partial charge < -0.3 is 10.2 Å². The Morgan fingerprint density at radius 1 is 1.07 bits per heavy atom. The third-order valence-electron chi connectivity index (χ3n) is 6.38. The highest BCUT2D eigenvalue weighted by Gasteiger charge is 2.39. The molecule has 0 saturated carbocycles. The fourth-order valence-corrected chi connectivity index (χ4v) is 7.11. The van der Waals surface area contributed by atoms with Crippen LogP contribution in [0.25, 0.3) is 0 Å². The van der Waals surface area contributed by atoms with E-state index in [2.05, 4.69) is 17.3 Å². The molecule has 1 aromatic carbocycles. The largest absolute Gasteiger partial charge is 0.349 e. The van der Waals surface area contributed by atoms with Crippen LogP contribution in [-0.2, 0) is 10.0 Å². The van der Waals surface area contributed by atoms with Crippen LogP contribution >= 0.6 is 23.2 Å². The van der Waals surface area contributed by atoms with E-state index in [9.17, 15) is 13.2 Å². The predicted octanol–water partition coefficient (Wildman–Crippen LogP) is 3.13. The van der Waals surface area contributed by atoms with E-state index >= 15 is 0 Å². The minimum absolute atomic E-state index is 0.0470. The molecule has 9 heteroatoms. The second-order valence-electron chi connectivity index (χ2n) is 8.07. The number of amides is 1. The van der Waals surface area contributed by atoms with Gasteiger partial charge in [0.2, 0.25) is 10.0 Å². The van der Waals surface area contributed by atoms with Crippen LogP contribution < -0.4 is 5.32 Å². The molecule has 0 unspecified atom stereocenters. The zero-order valence-electron chi connectivity index (χ0n) is 15.8. The molecule has 4 rings (SSSR count). The van der Waals surface area contributed by atoms with Gasteiger partial charge in [-0.05, 0) is 57.7 Å². The van der Waals surface area contributed by atoms with Crippen LogP contribution in [0.15, 0.2) is 17.0 Å². The highest BCUT2D eigenvalue weighted by molar-refractivity contribution is 7.89. The van der Waals surface area contributed by atoms with Gasteiger partial charge in [0, 0.05) is 31.2 Å². The van der Waals surface area contributed by atoms with Crippen molar-refractivity contribution in [2.24, 2.45) is 0 Å². The number of hydrogen-bond donors (Lipinski definition) is 1. The molecule has 2 atom stereocenters. The number of hydrogen-bond acceptors (Lipinski definition) is 4. The van der Waals surface area contributed by atoms with Crippen LogP contribution in [0.2, 0.25) is 10.0 Å². The molecule has 0 spiro atoms. The van der Waals surface area contributed by atoms with Crippen molar-refractivity contribution in [1.29, 1.82) is 0 Å². The minimum Gasteiger partial charge on any atom is -0.349 e. The van der Waals surface area contributed by atoms with Crippen LogP contribution in [0.3, 0.4) is 0 Å². The van der Waals surface area contributed by atoms with Gasteiger partial charge in [-0.1, -0.05) is 23.2 Å². The first kappa shape index (κ1) is 20.4. The van der Waals surface area contributed by atoms with E-state index in [-0.39, 0.29) is 32.5 Å². The van der Waals surface area contributed by atoms with Crippen LogP contribution in [0.4, 0.5) is 0 Å². The summed E-state index contributed by atoms with van der Waals surface area (Å²) >= 11 is 12.5. The Morgan fingerprint density at radius 3 is 2.29 bits per heavy atom. The van der Waals surface area contributed by atoms with Crippen molar-refractivity contribution >= 4 is 39.1 Å². The Bertz CT molecular complexity index is 873. The van der Waals surface area contributed by atoms with Crippen molar-refractivity contribution in [3.05, 3.63) is 27.7 Å². The Hall–Kier alpha value is -0.860. The lowest BCUT2D eigenvalue weighted by Crippen LogP contribution is -2.48. The van der Waals surface area contributed by atoms with Crippen molar-refractivity contribution in [3.63, 3.8) is 0 Å². The van der Waals surface area contributed by atoms with Gasteiger partial charge in [-0.25, -0.2) is 8.42 Å². The molecule has 1 aromatic rings. The molecule has 1 N–H and O–H groups in total. The van der Waals surface area contributed by atoms with Gasteiger partial charge in [0.25, 0.3) is 5.91 Å². The topological polar surface area (TPSA) is 69.7 Å². The number of rotatable bonds is 4. The van der Waals surface area contributed by atoms with Crippen molar-refractivity contribution in [3.8, 4) is 0 Å². The molecule has 0 aliphatic carbocycles. The number of halogens is 2. The van der Waals surface area contributed by atoms with Crippen molar-refractivity contribution < 1.29 is 13.2 Å².